The number of rotatable bonds is 4. The van der Waals surface area contributed by atoms with Crippen molar-refractivity contribution < 1.29 is 4.79 Å². The van der Waals surface area contributed by atoms with Gasteiger partial charge >= 0.3 is 0 Å². The Balaban J connectivity index is 1.65. The molecule has 1 N–H and O–H groups in total. The summed E-state index contributed by atoms with van der Waals surface area (Å²) in [5, 5.41) is 15.5. The number of nitrogens with one attached hydrogen (secondary N) is 1. The van der Waals surface area contributed by atoms with Crippen molar-refractivity contribution in [2.75, 3.05) is 20.1 Å². The highest BCUT2D eigenvalue weighted by Gasteiger charge is 2.23. The van der Waals surface area contributed by atoms with Crippen LogP contribution in [0, 0.1) is 0 Å². The Morgan fingerprint density at radius 3 is 2.95 bits per heavy atom. The molecule has 1 saturated heterocycles. The number of aromatic nitrogens is 4. The number of hydrogen-bond donors (Lipinski definition) is 1. The number of likely N-dealkylation sites (N-methyl/N-ethyl adjacent to an activating group) is 1. The average molecular weight is 286 g/mol. The predicted molar refractivity (Wildman–Crippen MR) is 77.3 cm³/mol. The highest BCUT2D eigenvalue weighted by molar-refractivity contribution is 5.76. The van der Waals surface area contributed by atoms with Gasteiger partial charge in [0.05, 0.1) is 0 Å². The van der Waals surface area contributed by atoms with Gasteiger partial charge in [0.1, 0.15) is 6.54 Å². The van der Waals surface area contributed by atoms with Crippen molar-refractivity contribution in [1.82, 2.24) is 30.4 Å². The second kappa shape index (κ2) is 6.01. The van der Waals surface area contributed by atoms with E-state index in [-0.39, 0.29) is 18.5 Å². The van der Waals surface area contributed by atoms with E-state index < -0.39 is 0 Å². The van der Waals surface area contributed by atoms with Crippen molar-refractivity contribution in [1.29, 1.82) is 0 Å². The van der Waals surface area contributed by atoms with E-state index in [0.717, 1.165) is 25.1 Å². The third kappa shape index (κ3) is 3.08. The lowest BCUT2D eigenvalue weighted by molar-refractivity contribution is -0.132. The summed E-state index contributed by atoms with van der Waals surface area (Å²) in [6.45, 7) is 1.93. The van der Waals surface area contributed by atoms with Crippen molar-refractivity contribution >= 4 is 5.91 Å². The van der Waals surface area contributed by atoms with Crippen LogP contribution in [0.5, 0.6) is 0 Å². The SMILES string of the molecule is CN(C(=O)Cn1nnc(-c2ccccc2)n1)C1CCNC1. The number of nitrogens with zero attached hydrogens (tertiary/aromatic N) is 5. The van der Waals surface area contributed by atoms with Crippen LogP contribution in [0.3, 0.4) is 0 Å². The molecule has 1 aliphatic heterocycles. The molecule has 1 aromatic heterocycles. The molecule has 2 heterocycles. The predicted octanol–water partition coefficient (Wildman–Crippen LogP) is 0.160. The fourth-order valence-electron chi connectivity index (χ4n) is 2.42. The normalized spacial score (nSPS) is 17.9. The first-order valence-electron chi connectivity index (χ1n) is 7.03. The zero-order valence-corrected chi connectivity index (χ0v) is 11.9. The summed E-state index contributed by atoms with van der Waals surface area (Å²) in [4.78, 5) is 15.3. The smallest absolute Gasteiger partial charge is 0.246 e. The molecule has 21 heavy (non-hydrogen) atoms. The molecular weight excluding hydrogens is 268 g/mol. The van der Waals surface area contributed by atoms with Gasteiger partial charge in [-0.2, -0.15) is 4.80 Å². The minimum absolute atomic E-state index is 0.000659. The fourth-order valence-corrected chi connectivity index (χ4v) is 2.42. The third-order valence-electron chi connectivity index (χ3n) is 3.74. The lowest BCUT2D eigenvalue weighted by Gasteiger charge is -2.23. The van der Waals surface area contributed by atoms with Gasteiger partial charge < -0.3 is 10.2 Å². The summed E-state index contributed by atoms with van der Waals surface area (Å²) in [5.41, 5.74) is 0.893. The first-order chi connectivity index (χ1) is 10.2. The lowest BCUT2D eigenvalue weighted by Crippen LogP contribution is -2.40. The standard InChI is InChI=1S/C14H18N6O/c1-19(12-7-8-15-9-12)13(21)10-20-17-14(16-18-20)11-5-3-2-4-6-11/h2-6,12,15H,7-10H2,1H3. The van der Waals surface area contributed by atoms with Gasteiger partial charge in [-0.3, -0.25) is 4.79 Å². The van der Waals surface area contributed by atoms with Crippen molar-refractivity contribution in [3.05, 3.63) is 30.3 Å². The topological polar surface area (TPSA) is 75.9 Å². The zero-order valence-electron chi connectivity index (χ0n) is 11.9. The molecule has 1 aliphatic rings. The minimum Gasteiger partial charge on any atom is -0.340 e. The molecular formula is C14H18N6O. The number of carbonyl (C=O) groups excluding carboxylic acids is 1. The molecule has 1 atom stereocenters. The van der Waals surface area contributed by atoms with Crippen LogP contribution in [0.4, 0.5) is 0 Å². The molecule has 0 bridgehead atoms. The molecule has 1 amide bonds. The van der Waals surface area contributed by atoms with Crippen LogP contribution in [-0.2, 0) is 11.3 Å². The molecule has 1 aromatic carbocycles. The van der Waals surface area contributed by atoms with Crippen LogP contribution in [0.1, 0.15) is 6.42 Å². The van der Waals surface area contributed by atoms with Gasteiger partial charge in [0, 0.05) is 25.2 Å². The number of carbonyl (C=O) groups is 1. The summed E-state index contributed by atoms with van der Waals surface area (Å²) in [6, 6.07) is 9.86. The molecule has 7 nitrogen and oxygen atoms in total. The maximum atomic E-state index is 12.2. The van der Waals surface area contributed by atoms with E-state index in [0.29, 0.717) is 5.82 Å². The maximum absolute atomic E-state index is 12.2. The first-order valence-corrected chi connectivity index (χ1v) is 7.03. The molecule has 0 spiro atoms. The Kier molecular flexibility index (Phi) is 3.92. The van der Waals surface area contributed by atoms with Crippen LogP contribution in [-0.4, -0.2) is 57.2 Å². The molecule has 2 aromatic rings. The Hall–Kier alpha value is -2.28. The highest BCUT2D eigenvalue weighted by atomic mass is 16.2. The lowest BCUT2D eigenvalue weighted by atomic mass is 10.2. The van der Waals surface area contributed by atoms with E-state index in [1.165, 1.54) is 4.80 Å². The summed E-state index contributed by atoms with van der Waals surface area (Å²) in [5.74, 6) is 0.536. The largest absolute Gasteiger partial charge is 0.340 e. The van der Waals surface area contributed by atoms with Crippen LogP contribution in [0.25, 0.3) is 11.4 Å². The number of tetrazole rings is 1. The summed E-state index contributed by atoms with van der Waals surface area (Å²) in [6.07, 6.45) is 0.988. The Labute approximate surface area is 122 Å². The quantitative estimate of drug-likeness (QED) is 0.866. The van der Waals surface area contributed by atoms with Gasteiger partial charge in [0.15, 0.2) is 0 Å². The molecule has 1 unspecified atom stereocenters. The number of benzene rings is 1. The van der Waals surface area contributed by atoms with Crippen LogP contribution < -0.4 is 5.32 Å². The van der Waals surface area contributed by atoms with Crippen LogP contribution >= 0.6 is 0 Å². The minimum atomic E-state index is 0.000659. The van der Waals surface area contributed by atoms with Gasteiger partial charge in [-0.05, 0) is 18.2 Å². The summed E-state index contributed by atoms with van der Waals surface area (Å²) >= 11 is 0. The van der Waals surface area contributed by atoms with Crippen LogP contribution in [0.2, 0.25) is 0 Å². The molecule has 0 radical (unpaired) electrons. The third-order valence-corrected chi connectivity index (χ3v) is 3.74. The first kappa shape index (κ1) is 13.7. The Morgan fingerprint density at radius 2 is 2.24 bits per heavy atom. The van der Waals surface area contributed by atoms with E-state index in [2.05, 4.69) is 20.7 Å². The molecule has 0 saturated carbocycles. The van der Waals surface area contributed by atoms with E-state index >= 15 is 0 Å². The van der Waals surface area contributed by atoms with Gasteiger partial charge in [0.25, 0.3) is 0 Å². The Bertz CT molecular complexity index is 605. The molecule has 7 heteroatoms. The molecule has 1 fully saturated rings. The van der Waals surface area contributed by atoms with Gasteiger partial charge in [-0.25, -0.2) is 0 Å². The highest BCUT2D eigenvalue weighted by Crippen LogP contribution is 2.12. The van der Waals surface area contributed by atoms with Gasteiger partial charge in [-0.15, -0.1) is 10.2 Å². The fraction of sp³-hybridized carbons (Fsp3) is 0.429. The average Bonchev–Trinajstić information content (AvgIpc) is 3.19. The molecule has 3 rings (SSSR count). The second-order valence-electron chi connectivity index (χ2n) is 5.16. The Morgan fingerprint density at radius 1 is 1.43 bits per heavy atom. The monoisotopic (exact) mass is 286 g/mol. The van der Waals surface area contributed by atoms with Gasteiger partial charge in [-0.1, -0.05) is 30.3 Å². The van der Waals surface area contributed by atoms with Crippen molar-refractivity contribution in [3.63, 3.8) is 0 Å². The zero-order chi connectivity index (χ0) is 14.7. The molecule has 0 aliphatic carbocycles. The van der Waals surface area contributed by atoms with E-state index in [1.807, 2.05) is 37.4 Å². The number of hydrogen-bond acceptors (Lipinski definition) is 5. The van der Waals surface area contributed by atoms with Crippen LogP contribution in [0.15, 0.2) is 30.3 Å². The summed E-state index contributed by atoms with van der Waals surface area (Å²) in [7, 11) is 1.83. The summed E-state index contributed by atoms with van der Waals surface area (Å²) < 4.78 is 0. The van der Waals surface area contributed by atoms with E-state index in [9.17, 15) is 4.79 Å². The van der Waals surface area contributed by atoms with Crippen molar-refractivity contribution in [2.24, 2.45) is 0 Å². The van der Waals surface area contributed by atoms with E-state index in [1.54, 1.807) is 4.90 Å². The maximum Gasteiger partial charge on any atom is 0.246 e. The van der Waals surface area contributed by atoms with E-state index in [4.69, 9.17) is 0 Å². The molecule has 110 valence electrons. The van der Waals surface area contributed by atoms with Gasteiger partial charge in [0.2, 0.25) is 11.7 Å². The van der Waals surface area contributed by atoms with Crippen molar-refractivity contribution in [2.45, 2.75) is 19.0 Å². The second-order valence-corrected chi connectivity index (χ2v) is 5.16. The van der Waals surface area contributed by atoms with Crippen molar-refractivity contribution in [3.8, 4) is 11.4 Å². The number of amides is 1.